The van der Waals surface area contributed by atoms with Gasteiger partial charge in [-0.05, 0) is 24.6 Å². The van der Waals surface area contributed by atoms with Crippen molar-refractivity contribution in [3.05, 3.63) is 28.7 Å². The molecule has 0 N–H and O–H groups in total. The fourth-order valence-corrected chi connectivity index (χ4v) is 1.15. The molecule has 0 spiro atoms. The van der Waals surface area contributed by atoms with Gasteiger partial charge in [0.05, 0.1) is 6.61 Å². The van der Waals surface area contributed by atoms with Gasteiger partial charge in [-0.25, -0.2) is 0 Å². The maximum absolute atomic E-state index is 5.41. The summed E-state index contributed by atoms with van der Waals surface area (Å²) in [5.74, 6) is 0.932. The Hall–Kier alpha value is 0.266. The van der Waals surface area contributed by atoms with Gasteiger partial charge in [0.1, 0.15) is 5.75 Å². The molecule has 1 nitrogen and oxygen atoms in total. The van der Waals surface area contributed by atoms with E-state index in [-0.39, 0.29) is 25.9 Å². The Balaban J connectivity index is -0.000000403. The zero-order chi connectivity index (χ0) is 8.10. The van der Waals surface area contributed by atoms with Crippen LogP contribution in [0.4, 0.5) is 0 Å². The van der Waals surface area contributed by atoms with E-state index in [1.54, 1.807) is 0 Å². The van der Waals surface area contributed by atoms with Crippen LogP contribution in [0.15, 0.2) is 28.7 Å². The minimum atomic E-state index is 0. The van der Waals surface area contributed by atoms with Gasteiger partial charge in [0.25, 0.3) is 0 Å². The van der Waals surface area contributed by atoms with Crippen LogP contribution in [0.25, 0.3) is 0 Å². The van der Waals surface area contributed by atoms with Gasteiger partial charge in [-0.15, -0.1) is 0 Å². The van der Waals surface area contributed by atoms with Crippen molar-refractivity contribution in [1.82, 2.24) is 0 Å². The number of hydrogen-bond acceptors (Lipinski definition) is 1. The van der Waals surface area contributed by atoms with Crippen LogP contribution >= 0.6 is 15.9 Å². The first kappa shape index (κ1) is 12.3. The van der Waals surface area contributed by atoms with Crippen molar-refractivity contribution in [2.75, 3.05) is 6.61 Å². The minimum Gasteiger partial charge on any atom is -1.00 e. The number of benzene rings is 1. The molecular formula is C9H13BrMgO. The van der Waals surface area contributed by atoms with Crippen LogP contribution in [0, 0.1) is 0 Å². The van der Waals surface area contributed by atoms with Crippen LogP contribution in [0.3, 0.4) is 0 Å². The van der Waals surface area contributed by atoms with Gasteiger partial charge in [-0.2, -0.15) is 0 Å². The quantitative estimate of drug-likeness (QED) is 0.739. The molecule has 0 aliphatic rings. The summed E-state index contributed by atoms with van der Waals surface area (Å²) in [6.07, 6.45) is 1.05. The second kappa shape index (κ2) is 6.75. The average Bonchev–Trinajstić information content (AvgIpc) is 2.01. The van der Waals surface area contributed by atoms with Gasteiger partial charge in [0, 0.05) is 4.47 Å². The molecule has 0 bridgehead atoms. The van der Waals surface area contributed by atoms with Crippen molar-refractivity contribution < 1.29 is 7.59 Å². The molecule has 0 heterocycles. The van der Waals surface area contributed by atoms with Crippen molar-refractivity contribution in [3.63, 3.8) is 0 Å². The normalized spacial score (nSPS) is 8.83. The van der Waals surface area contributed by atoms with E-state index < -0.39 is 0 Å². The Morgan fingerprint density at radius 3 is 2.83 bits per heavy atom. The smallest absolute Gasteiger partial charge is 1.00 e. The summed E-state index contributed by atoms with van der Waals surface area (Å²) in [5, 5.41) is 0. The molecule has 0 aliphatic carbocycles. The minimum absolute atomic E-state index is 0. The van der Waals surface area contributed by atoms with Crippen LogP contribution in [0.5, 0.6) is 5.75 Å². The summed E-state index contributed by atoms with van der Waals surface area (Å²) < 4.78 is 6.47. The van der Waals surface area contributed by atoms with E-state index in [9.17, 15) is 0 Å². The van der Waals surface area contributed by atoms with Gasteiger partial charge in [0.15, 0.2) is 0 Å². The van der Waals surface area contributed by atoms with Crippen molar-refractivity contribution in [2.24, 2.45) is 0 Å². The molecule has 0 radical (unpaired) electrons. The molecule has 64 valence electrons. The van der Waals surface area contributed by atoms with Gasteiger partial charge in [-0.1, -0.05) is 28.9 Å². The van der Waals surface area contributed by atoms with Gasteiger partial charge < -0.3 is 7.59 Å². The average molecular weight is 241 g/mol. The zero-order valence-corrected chi connectivity index (χ0v) is 10.2. The Labute approximate surface area is 101 Å². The molecular weight excluding hydrogens is 228 g/mol. The maximum atomic E-state index is 5.41. The SMILES string of the molecule is CCCOc1cccc(Br)c1.[H-].[H-].[Mg+2]. The molecule has 3 heteroatoms. The first-order valence-corrected chi connectivity index (χ1v) is 4.50. The Morgan fingerprint density at radius 1 is 1.50 bits per heavy atom. The number of halogens is 1. The van der Waals surface area contributed by atoms with Gasteiger partial charge in [0.2, 0.25) is 0 Å². The van der Waals surface area contributed by atoms with E-state index in [1.807, 2.05) is 24.3 Å². The van der Waals surface area contributed by atoms with Crippen LogP contribution in [-0.2, 0) is 0 Å². The molecule has 1 aromatic carbocycles. The topological polar surface area (TPSA) is 9.23 Å². The molecule has 0 amide bonds. The van der Waals surface area contributed by atoms with Crippen LogP contribution in [0.1, 0.15) is 16.2 Å². The second-order valence-corrected chi connectivity index (χ2v) is 3.22. The van der Waals surface area contributed by atoms with Crippen LogP contribution < -0.4 is 4.74 Å². The van der Waals surface area contributed by atoms with Gasteiger partial charge >= 0.3 is 23.1 Å². The molecule has 0 saturated carbocycles. The first-order chi connectivity index (χ1) is 5.33. The summed E-state index contributed by atoms with van der Waals surface area (Å²) >= 11 is 3.37. The monoisotopic (exact) mass is 240 g/mol. The fraction of sp³-hybridized carbons (Fsp3) is 0.333. The van der Waals surface area contributed by atoms with Crippen LogP contribution in [-0.4, -0.2) is 29.7 Å². The summed E-state index contributed by atoms with van der Waals surface area (Å²) in [6.45, 7) is 2.88. The van der Waals surface area contributed by atoms with Crippen molar-refractivity contribution in [3.8, 4) is 5.75 Å². The third-order valence-corrected chi connectivity index (χ3v) is 1.76. The molecule has 12 heavy (non-hydrogen) atoms. The molecule has 0 aliphatic heterocycles. The number of ether oxygens (including phenoxy) is 1. The Kier molecular flexibility index (Phi) is 6.90. The van der Waals surface area contributed by atoms with E-state index in [1.165, 1.54) is 0 Å². The molecule has 0 fully saturated rings. The largest absolute Gasteiger partial charge is 2.00 e. The molecule has 0 unspecified atom stereocenters. The maximum Gasteiger partial charge on any atom is 2.00 e. The first-order valence-electron chi connectivity index (χ1n) is 3.71. The van der Waals surface area contributed by atoms with Crippen molar-refractivity contribution in [1.29, 1.82) is 0 Å². The van der Waals surface area contributed by atoms with Crippen molar-refractivity contribution >= 4 is 39.0 Å². The standard InChI is InChI=1S/C9H11BrO.Mg.2H/c1-2-6-11-9-5-3-4-8(10)7-9;;;/h3-5,7H,2,6H2,1H3;;;/q;+2;2*-1. The van der Waals surface area contributed by atoms with Crippen LogP contribution in [0.2, 0.25) is 0 Å². The predicted octanol–water partition coefficient (Wildman–Crippen LogP) is 3.08. The molecule has 0 saturated heterocycles. The zero-order valence-electron chi connectivity index (χ0n) is 9.22. The van der Waals surface area contributed by atoms with E-state index >= 15 is 0 Å². The van der Waals surface area contributed by atoms with E-state index in [0.717, 1.165) is 23.2 Å². The second-order valence-electron chi connectivity index (χ2n) is 2.31. The predicted molar refractivity (Wildman–Crippen MR) is 57.9 cm³/mol. The van der Waals surface area contributed by atoms with E-state index in [0.29, 0.717) is 0 Å². The molecule has 0 atom stereocenters. The number of hydrogen-bond donors (Lipinski definition) is 0. The summed E-state index contributed by atoms with van der Waals surface area (Å²) in [6, 6.07) is 7.88. The van der Waals surface area contributed by atoms with E-state index in [2.05, 4.69) is 22.9 Å². The molecule has 1 rings (SSSR count). The fourth-order valence-electron chi connectivity index (χ4n) is 0.777. The summed E-state index contributed by atoms with van der Waals surface area (Å²) in [4.78, 5) is 0. The number of rotatable bonds is 3. The third-order valence-electron chi connectivity index (χ3n) is 1.27. The third kappa shape index (κ3) is 4.33. The molecule has 1 aromatic rings. The van der Waals surface area contributed by atoms with Crippen molar-refractivity contribution in [2.45, 2.75) is 13.3 Å². The Morgan fingerprint density at radius 2 is 2.25 bits per heavy atom. The Bertz CT molecular complexity index is 236. The van der Waals surface area contributed by atoms with E-state index in [4.69, 9.17) is 4.74 Å². The summed E-state index contributed by atoms with van der Waals surface area (Å²) in [5.41, 5.74) is 0. The van der Waals surface area contributed by atoms with Gasteiger partial charge in [-0.3, -0.25) is 0 Å². The molecule has 0 aromatic heterocycles. The summed E-state index contributed by atoms with van der Waals surface area (Å²) in [7, 11) is 0.